The fourth-order valence-corrected chi connectivity index (χ4v) is 3.47. The number of hydrogen-bond donors (Lipinski definition) is 3. The van der Waals surface area contributed by atoms with E-state index in [9.17, 15) is 4.79 Å². The smallest absolute Gasteiger partial charge is 0.409 e. The van der Waals surface area contributed by atoms with E-state index in [4.69, 9.17) is 19.6 Å². The summed E-state index contributed by atoms with van der Waals surface area (Å²) in [7, 11) is 1.67. The summed E-state index contributed by atoms with van der Waals surface area (Å²) in [5, 5.41) is 14.3. The normalized spacial score (nSPS) is 19.1. The van der Waals surface area contributed by atoms with Crippen molar-refractivity contribution in [2.45, 2.75) is 25.5 Å². The average molecular weight is 353 g/mol. The Morgan fingerprint density at radius 1 is 1.35 bits per heavy atom. The van der Waals surface area contributed by atoms with Crippen molar-refractivity contribution in [2.24, 2.45) is 4.99 Å². The molecular formula is C19H19N3O4. The minimum atomic E-state index is -1.09. The predicted octanol–water partition coefficient (Wildman–Crippen LogP) is 3.77. The van der Waals surface area contributed by atoms with Gasteiger partial charge in [-0.3, -0.25) is 5.32 Å². The highest BCUT2D eigenvalue weighted by atomic mass is 16.5. The molecule has 0 bridgehead atoms. The summed E-state index contributed by atoms with van der Waals surface area (Å²) in [4.78, 5) is 15.5. The molecule has 7 heteroatoms. The van der Waals surface area contributed by atoms with Crippen molar-refractivity contribution in [3.8, 4) is 5.75 Å². The summed E-state index contributed by atoms with van der Waals surface area (Å²) in [5.41, 5.74) is 4.64. The first-order valence-corrected chi connectivity index (χ1v) is 8.40. The van der Waals surface area contributed by atoms with Gasteiger partial charge < -0.3 is 19.9 Å². The molecule has 1 aliphatic heterocycles. The van der Waals surface area contributed by atoms with Crippen LogP contribution in [0, 0.1) is 0 Å². The lowest BCUT2D eigenvalue weighted by molar-refractivity contribution is 0.209. The predicted molar refractivity (Wildman–Crippen MR) is 98.0 cm³/mol. The number of aliphatic imine (C=N–C) groups is 1. The molecular weight excluding hydrogens is 334 g/mol. The molecule has 1 aliphatic carbocycles. The van der Waals surface area contributed by atoms with Gasteiger partial charge in [-0.2, -0.15) is 0 Å². The third-order valence-electron chi connectivity index (χ3n) is 4.63. The van der Waals surface area contributed by atoms with Gasteiger partial charge in [0.05, 0.1) is 13.2 Å². The lowest BCUT2D eigenvalue weighted by atomic mass is 10.1. The Hall–Kier alpha value is -3.22. The number of carbonyl (C=O) groups is 1. The first kappa shape index (κ1) is 16.3. The van der Waals surface area contributed by atoms with Crippen LogP contribution in [0.5, 0.6) is 5.75 Å². The second-order valence-electron chi connectivity index (χ2n) is 6.24. The lowest BCUT2D eigenvalue weighted by Gasteiger charge is -2.22. The van der Waals surface area contributed by atoms with Gasteiger partial charge in [0, 0.05) is 22.5 Å². The molecule has 0 spiro atoms. The van der Waals surface area contributed by atoms with E-state index in [1.54, 1.807) is 19.2 Å². The molecule has 4 rings (SSSR count). The van der Waals surface area contributed by atoms with Crippen LogP contribution in [0.3, 0.4) is 0 Å². The van der Waals surface area contributed by atoms with Crippen molar-refractivity contribution >= 4 is 23.5 Å². The topological polar surface area (TPSA) is 92.2 Å². The molecule has 0 radical (unpaired) electrons. The Morgan fingerprint density at radius 2 is 2.23 bits per heavy atom. The molecule has 1 amide bonds. The highest BCUT2D eigenvalue weighted by molar-refractivity contribution is 5.93. The minimum absolute atomic E-state index is 0.00171. The molecule has 2 aromatic carbocycles. The van der Waals surface area contributed by atoms with Gasteiger partial charge in [0.15, 0.2) is 0 Å². The summed E-state index contributed by atoms with van der Waals surface area (Å²) in [6.07, 6.45) is 0.790. The average Bonchev–Trinajstić information content (AvgIpc) is 3.04. The molecule has 1 heterocycles. The number of amides is 1. The van der Waals surface area contributed by atoms with Crippen LogP contribution in [0.4, 0.5) is 16.2 Å². The summed E-state index contributed by atoms with van der Waals surface area (Å²) in [6, 6.07) is 11.8. The first-order valence-electron chi connectivity index (χ1n) is 8.40. The standard InChI is InChI=1S/C19H19N3O4/c1-25-16-4-2-3-11-5-7-15(17(11)16)22-18-21-14-8-6-13(20-19(23)24)9-12(14)10-26-18/h2-4,6,8-9,15,20H,5,7,10H2,1H3,(H,21,22)(H,23,24). The molecule has 2 aliphatic rings. The molecule has 7 nitrogen and oxygen atoms in total. The highest BCUT2D eigenvalue weighted by Gasteiger charge is 2.27. The van der Waals surface area contributed by atoms with E-state index in [2.05, 4.69) is 16.7 Å². The zero-order valence-corrected chi connectivity index (χ0v) is 14.3. The van der Waals surface area contributed by atoms with E-state index >= 15 is 0 Å². The minimum Gasteiger partial charge on any atom is -0.496 e. The zero-order chi connectivity index (χ0) is 18.1. The number of anilines is 2. The molecule has 0 aromatic heterocycles. The molecule has 0 saturated carbocycles. The van der Waals surface area contributed by atoms with Gasteiger partial charge in [0.2, 0.25) is 0 Å². The number of rotatable bonds is 3. The van der Waals surface area contributed by atoms with Crippen LogP contribution < -0.4 is 15.4 Å². The van der Waals surface area contributed by atoms with Crippen LogP contribution in [-0.2, 0) is 17.8 Å². The largest absolute Gasteiger partial charge is 0.496 e. The number of nitrogens with zero attached hydrogens (tertiary/aromatic N) is 1. The van der Waals surface area contributed by atoms with Gasteiger partial charge in [-0.05, 0) is 42.7 Å². The van der Waals surface area contributed by atoms with Gasteiger partial charge in [-0.15, -0.1) is 0 Å². The maximum atomic E-state index is 10.7. The SMILES string of the molecule is COc1cccc2c1C(N=C1Nc3ccc(NC(=O)O)cc3CO1)CC2. The fourth-order valence-electron chi connectivity index (χ4n) is 3.47. The maximum absolute atomic E-state index is 10.7. The van der Waals surface area contributed by atoms with Crippen LogP contribution in [0.15, 0.2) is 41.4 Å². The van der Waals surface area contributed by atoms with E-state index in [0.717, 1.165) is 35.4 Å². The van der Waals surface area contributed by atoms with Gasteiger partial charge in [0.1, 0.15) is 12.4 Å². The Kier molecular flexibility index (Phi) is 4.12. The molecule has 1 unspecified atom stereocenters. The summed E-state index contributed by atoms with van der Waals surface area (Å²) >= 11 is 0. The lowest BCUT2D eigenvalue weighted by Crippen LogP contribution is -2.23. The molecule has 0 fully saturated rings. The van der Waals surface area contributed by atoms with E-state index in [0.29, 0.717) is 18.3 Å². The van der Waals surface area contributed by atoms with Crippen molar-refractivity contribution in [1.82, 2.24) is 0 Å². The van der Waals surface area contributed by atoms with Crippen molar-refractivity contribution in [3.05, 3.63) is 53.1 Å². The number of ether oxygens (including phenoxy) is 2. The monoisotopic (exact) mass is 353 g/mol. The maximum Gasteiger partial charge on any atom is 0.409 e. The molecule has 134 valence electrons. The summed E-state index contributed by atoms with van der Waals surface area (Å²) in [5.74, 6) is 0.856. The molecule has 1 atom stereocenters. The Balaban J connectivity index is 1.56. The van der Waals surface area contributed by atoms with Crippen molar-refractivity contribution in [1.29, 1.82) is 0 Å². The third-order valence-corrected chi connectivity index (χ3v) is 4.63. The molecule has 26 heavy (non-hydrogen) atoms. The molecule has 2 aromatic rings. The number of fused-ring (bicyclic) bond motifs is 2. The first-order chi connectivity index (χ1) is 12.6. The van der Waals surface area contributed by atoms with Crippen LogP contribution in [-0.4, -0.2) is 24.3 Å². The number of methoxy groups -OCH3 is 1. The van der Waals surface area contributed by atoms with Crippen LogP contribution in [0.1, 0.15) is 29.2 Å². The Morgan fingerprint density at radius 3 is 3.04 bits per heavy atom. The zero-order valence-electron chi connectivity index (χ0n) is 14.3. The van der Waals surface area contributed by atoms with Gasteiger partial charge in [-0.25, -0.2) is 9.79 Å². The number of hydrogen-bond acceptors (Lipinski definition) is 4. The highest BCUT2D eigenvalue weighted by Crippen LogP contribution is 2.40. The number of amidine groups is 1. The third kappa shape index (κ3) is 3.03. The van der Waals surface area contributed by atoms with Gasteiger partial charge in [-0.1, -0.05) is 12.1 Å². The van der Waals surface area contributed by atoms with Crippen LogP contribution in [0.25, 0.3) is 0 Å². The Labute approximate surface area is 150 Å². The van der Waals surface area contributed by atoms with Gasteiger partial charge >= 0.3 is 6.09 Å². The quantitative estimate of drug-likeness (QED) is 0.781. The van der Waals surface area contributed by atoms with Gasteiger partial charge in [0.25, 0.3) is 6.02 Å². The molecule has 3 N–H and O–H groups in total. The van der Waals surface area contributed by atoms with E-state index in [1.807, 2.05) is 18.2 Å². The molecule has 0 saturated heterocycles. The number of carboxylic acid groups (broad SMARTS) is 1. The van der Waals surface area contributed by atoms with E-state index < -0.39 is 6.09 Å². The van der Waals surface area contributed by atoms with E-state index in [-0.39, 0.29) is 6.04 Å². The van der Waals surface area contributed by atoms with Crippen molar-refractivity contribution < 1.29 is 19.4 Å². The van der Waals surface area contributed by atoms with Crippen LogP contribution >= 0.6 is 0 Å². The fraction of sp³-hybridized carbons (Fsp3) is 0.263. The second kappa shape index (κ2) is 6.59. The Bertz CT molecular complexity index is 894. The van der Waals surface area contributed by atoms with Crippen molar-refractivity contribution in [3.63, 3.8) is 0 Å². The van der Waals surface area contributed by atoms with Crippen molar-refractivity contribution in [2.75, 3.05) is 17.7 Å². The number of benzene rings is 2. The second-order valence-corrected chi connectivity index (χ2v) is 6.24. The van der Waals surface area contributed by atoms with Crippen LogP contribution in [0.2, 0.25) is 0 Å². The number of nitrogens with one attached hydrogen (secondary N) is 2. The van der Waals surface area contributed by atoms with E-state index in [1.165, 1.54) is 5.56 Å². The number of aryl methyl sites for hydroxylation is 1. The summed E-state index contributed by atoms with van der Waals surface area (Å²) in [6.45, 7) is 0.335. The summed E-state index contributed by atoms with van der Waals surface area (Å²) < 4.78 is 11.2.